The van der Waals surface area contributed by atoms with Crippen LogP contribution in [0.15, 0.2) is 97.1 Å². The van der Waals surface area contributed by atoms with Crippen LogP contribution < -0.4 is 29.6 Å². The zero-order valence-corrected chi connectivity index (χ0v) is 62.3. The van der Waals surface area contributed by atoms with Gasteiger partial charge in [0.2, 0.25) is 0 Å². The monoisotopic (exact) mass is 1380 g/mol. The maximum atomic E-state index is 13.5. The molecule has 97 heavy (non-hydrogen) atoms. The Hall–Kier alpha value is -6.16. The van der Waals surface area contributed by atoms with Crippen LogP contribution in [-0.4, -0.2) is 58.6 Å². The summed E-state index contributed by atoms with van der Waals surface area (Å²) in [5.74, 6) is 2.49. The van der Waals surface area contributed by atoms with Crippen LogP contribution >= 0.6 is 34.0 Å². The first kappa shape index (κ1) is 78.2. The van der Waals surface area contributed by atoms with Crippen molar-refractivity contribution in [2.45, 2.75) is 285 Å². The molecule has 530 valence electrons. The number of nitrogens with zero attached hydrogens (tertiary/aromatic N) is 4. The number of hydrogen-bond acceptors (Lipinski definition) is 13. The van der Waals surface area contributed by atoms with E-state index in [-0.39, 0.29) is 11.8 Å². The number of nitrogens with one attached hydrogen (secondary N) is 2. The van der Waals surface area contributed by atoms with Crippen molar-refractivity contribution in [1.82, 2.24) is 20.4 Å². The molecule has 0 atom stereocenters. The van der Waals surface area contributed by atoms with E-state index in [2.05, 4.69) is 83.0 Å². The Balaban J connectivity index is 0.873. The molecule has 15 heteroatoms. The van der Waals surface area contributed by atoms with E-state index in [4.69, 9.17) is 18.9 Å². The predicted molar refractivity (Wildman–Crippen MR) is 411 cm³/mol. The van der Waals surface area contributed by atoms with Crippen LogP contribution in [0.3, 0.4) is 0 Å². The highest BCUT2D eigenvalue weighted by molar-refractivity contribution is 7.18. The average molecular weight is 1380 g/mol. The van der Waals surface area contributed by atoms with E-state index >= 15 is 0 Å². The zero-order chi connectivity index (χ0) is 68.0. The molecule has 3 heterocycles. The summed E-state index contributed by atoms with van der Waals surface area (Å²) >= 11 is 4.17. The van der Waals surface area contributed by atoms with Crippen LogP contribution in [0.2, 0.25) is 0 Å². The van der Waals surface area contributed by atoms with Crippen LogP contribution in [0.25, 0.3) is 42.3 Å². The number of thiophene rings is 1. The molecule has 4 aromatic carbocycles. The highest BCUT2D eigenvalue weighted by atomic mass is 32.1. The van der Waals surface area contributed by atoms with Gasteiger partial charge < -0.3 is 29.6 Å². The summed E-state index contributed by atoms with van der Waals surface area (Å²) in [5, 5.41) is 27.5. The lowest BCUT2D eigenvalue weighted by atomic mass is 10.1. The highest BCUT2D eigenvalue weighted by Gasteiger charge is 2.19. The number of rotatable bonds is 56. The van der Waals surface area contributed by atoms with Crippen LogP contribution in [-0.2, 0) is 0 Å². The largest absolute Gasteiger partial charge is 0.490 e. The second-order valence-electron chi connectivity index (χ2n) is 26.5. The maximum absolute atomic E-state index is 13.5. The molecule has 0 aliphatic heterocycles. The normalized spacial score (nSPS) is 11.3. The van der Waals surface area contributed by atoms with Crippen molar-refractivity contribution in [3.8, 4) is 65.3 Å². The van der Waals surface area contributed by atoms with E-state index in [0.29, 0.717) is 47.6 Å². The van der Waals surface area contributed by atoms with Crippen LogP contribution in [0.5, 0.6) is 23.0 Å². The summed E-state index contributed by atoms with van der Waals surface area (Å²) in [7, 11) is 0. The first-order valence-electron chi connectivity index (χ1n) is 38.3. The van der Waals surface area contributed by atoms with E-state index < -0.39 is 0 Å². The fourth-order valence-electron chi connectivity index (χ4n) is 12.1. The van der Waals surface area contributed by atoms with Gasteiger partial charge in [0.1, 0.15) is 20.0 Å². The Morgan fingerprint density at radius 1 is 0.278 bits per heavy atom. The SMILES string of the molecule is CCCCCCCCCCCCOc1ccc(-c2nnc(-c3ccc(NC(=O)c4ccc(C(=O)Nc5ccc(-c6nnc(-c7ccc(OCCCCCCCCCCCC)c(OCCCCCCCCCCCC)c7)s6)cc5)s4)cc3)s2)cc1OCCCCCCCCCCCC. The quantitative estimate of drug-likeness (QED) is 0.0353. The van der Waals surface area contributed by atoms with E-state index in [9.17, 15) is 9.59 Å². The molecular weight excluding hydrogens is 1260 g/mol. The lowest BCUT2D eigenvalue weighted by Crippen LogP contribution is -2.11. The van der Waals surface area contributed by atoms with Crippen molar-refractivity contribution in [2.75, 3.05) is 37.1 Å². The lowest BCUT2D eigenvalue weighted by Gasteiger charge is -2.14. The molecule has 2 amide bonds. The number of carbonyl (C=O) groups excluding carboxylic acids is 2. The van der Waals surface area contributed by atoms with Crippen molar-refractivity contribution in [3.63, 3.8) is 0 Å². The molecule has 7 aromatic rings. The average Bonchev–Trinajstić information content (AvgIpc) is 1.75. The topological polar surface area (TPSA) is 147 Å². The maximum Gasteiger partial charge on any atom is 0.265 e. The number of carbonyl (C=O) groups is 2. The van der Waals surface area contributed by atoms with Crippen molar-refractivity contribution in [1.29, 1.82) is 0 Å². The Kier molecular flexibility index (Phi) is 39.1. The number of unbranched alkanes of at least 4 members (excludes halogenated alkanes) is 36. The Morgan fingerprint density at radius 2 is 0.515 bits per heavy atom. The van der Waals surface area contributed by atoms with Gasteiger partial charge in [0.05, 0.1) is 36.2 Å². The van der Waals surface area contributed by atoms with Gasteiger partial charge in [-0.2, -0.15) is 0 Å². The van der Waals surface area contributed by atoms with Gasteiger partial charge in [0.25, 0.3) is 11.8 Å². The lowest BCUT2D eigenvalue weighted by molar-refractivity contribution is 0.102. The van der Waals surface area contributed by atoms with Gasteiger partial charge in [-0.1, -0.05) is 282 Å². The molecule has 0 spiro atoms. The molecule has 12 nitrogen and oxygen atoms in total. The van der Waals surface area contributed by atoms with Gasteiger partial charge in [0, 0.05) is 33.6 Å². The van der Waals surface area contributed by atoms with E-state index in [1.807, 2.05) is 60.7 Å². The molecule has 7 rings (SSSR count). The number of benzene rings is 4. The van der Waals surface area contributed by atoms with Crippen molar-refractivity contribution >= 4 is 57.2 Å². The first-order valence-corrected chi connectivity index (χ1v) is 40.7. The molecule has 0 radical (unpaired) electrons. The van der Waals surface area contributed by atoms with E-state index in [1.54, 1.807) is 12.1 Å². The molecule has 0 fully saturated rings. The zero-order valence-electron chi connectivity index (χ0n) is 59.8. The molecule has 0 saturated carbocycles. The third-order valence-corrected chi connectivity index (χ3v) is 21.2. The van der Waals surface area contributed by atoms with Crippen LogP contribution in [0.4, 0.5) is 11.4 Å². The van der Waals surface area contributed by atoms with Crippen molar-refractivity contribution < 1.29 is 28.5 Å². The second-order valence-corrected chi connectivity index (χ2v) is 29.5. The Morgan fingerprint density at radius 3 is 0.794 bits per heavy atom. The summed E-state index contributed by atoms with van der Waals surface area (Å²) < 4.78 is 25.7. The van der Waals surface area contributed by atoms with Gasteiger partial charge in [-0.3, -0.25) is 9.59 Å². The molecule has 0 aliphatic carbocycles. The predicted octanol–water partition coefficient (Wildman–Crippen LogP) is 25.8. The smallest absolute Gasteiger partial charge is 0.265 e. The number of hydrogen-bond donors (Lipinski definition) is 2. The number of amides is 2. The Labute approximate surface area is 596 Å². The summed E-state index contributed by atoms with van der Waals surface area (Å²) in [6.45, 7) is 11.7. The van der Waals surface area contributed by atoms with Crippen molar-refractivity contribution in [2.24, 2.45) is 0 Å². The number of ether oxygens (including phenoxy) is 4. The molecule has 0 aliphatic rings. The molecule has 0 unspecified atom stereocenters. The number of anilines is 2. The highest BCUT2D eigenvalue weighted by Crippen LogP contribution is 2.39. The fraction of sp³-hybridized carbons (Fsp3) is 0.585. The van der Waals surface area contributed by atoms with Crippen LogP contribution in [0, 0.1) is 0 Å². The minimum atomic E-state index is -0.296. The van der Waals surface area contributed by atoms with Gasteiger partial charge in [-0.15, -0.1) is 31.7 Å². The second kappa shape index (κ2) is 48.6. The van der Waals surface area contributed by atoms with Crippen LogP contribution in [0.1, 0.15) is 304 Å². The van der Waals surface area contributed by atoms with Gasteiger partial charge in [0.15, 0.2) is 23.0 Å². The number of aromatic nitrogens is 4. The Bertz CT molecular complexity index is 3000. The summed E-state index contributed by atoms with van der Waals surface area (Å²) in [5.41, 5.74) is 4.91. The minimum Gasteiger partial charge on any atom is -0.490 e. The third-order valence-electron chi connectivity index (χ3n) is 18.1. The first-order chi connectivity index (χ1) is 47.8. The molecule has 0 saturated heterocycles. The molecular formula is C82H118N6O6S3. The van der Waals surface area contributed by atoms with Gasteiger partial charge in [-0.05, 0) is 123 Å². The van der Waals surface area contributed by atoms with Gasteiger partial charge >= 0.3 is 0 Å². The summed E-state index contributed by atoms with van der Waals surface area (Å²) in [6, 6.07) is 30.8. The standard InChI is InChI=1S/C82H118N6O6S3/c1-5-9-13-17-21-25-29-33-37-41-59-91-71-55-49-67(63-73(71)93-61-43-39-35-31-27-23-19-15-11-7-3)81-87-85-79(96-81)65-45-51-69(52-46-65)83-77(89)75-57-58-76(95-75)78(90)84-70-53-47-66(48-54-70)80-86-88-82(97-80)68-50-56-72(92-60-42-38-34-30-26-22-18-14-10-6-2)74(64-68)94-62-44-40-36-32-28-24-20-16-12-8-4/h45-58,63-64H,5-44,59-62H2,1-4H3,(H,83,89)(H,84,90). The molecule has 3 aromatic heterocycles. The fourth-order valence-corrected chi connectivity index (χ4v) is 14.6. The summed E-state index contributed by atoms with van der Waals surface area (Å²) in [4.78, 5) is 27.9. The molecule has 0 bridgehead atoms. The van der Waals surface area contributed by atoms with Gasteiger partial charge in [-0.25, -0.2) is 0 Å². The summed E-state index contributed by atoms with van der Waals surface area (Å²) in [6.07, 6.45) is 51.2. The van der Waals surface area contributed by atoms with E-state index in [0.717, 1.165) is 115 Å². The molecule has 2 N–H and O–H groups in total. The third kappa shape index (κ3) is 30.5. The van der Waals surface area contributed by atoms with E-state index in [1.165, 1.54) is 241 Å². The van der Waals surface area contributed by atoms with Crippen molar-refractivity contribution in [3.05, 3.63) is 107 Å². The minimum absolute atomic E-state index is 0.296.